The van der Waals surface area contributed by atoms with Crippen molar-refractivity contribution in [3.8, 4) is 0 Å². The summed E-state index contributed by atoms with van der Waals surface area (Å²) in [6.07, 6.45) is 2.01. The SMILES string of the molecule is NC1CCC2CN(C(=O)c3cccc(F)c3F)CC12. The van der Waals surface area contributed by atoms with Crippen LogP contribution in [-0.4, -0.2) is 29.9 Å². The number of rotatable bonds is 1. The highest BCUT2D eigenvalue weighted by Gasteiger charge is 2.42. The molecular weight excluding hydrogens is 250 g/mol. The van der Waals surface area contributed by atoms with Gasteiger partial charge in [-0.05, 0) is 36.8 Å². The zero-order valence-corrected chi connectivity index (χ0v) is 10.5. The summed E-state index contributed by atoms with van der Waals surface area (Å²) in [5.41, 5.74) is 5.82. The molecule has 3 nitrogen and oxygen atoms in total. The van der Waals surface area contributed by atoms with Crippen LogP contribution in [0.15, 0.2) is 18.2 Å². The fourth-order valence-electron chi connectivity index (χ4n) is 3.31. The molecule has 5 heteroatoms. The number of amides is 1. The van der Waals surface area contributed by atoms with Gasteiger partial charge in [0, 0.05) is 19.1 Å². The fraction of sp³-hybridized carbons (Fsp3) is 0.500. The van der Waals surface area contributed by atoms with Gasteiger partial charge in [0.15, 0.2) is 11.6 Å². The van der Waals surface area contributed by atoms with Gasteiger partial charge in [0.25, 0.3) is 5.91 Å². The molecule has 19 heavy (non-hydrogen) atoms. The van der Waals surface area contributed by atoms with Gasteiger partial charge in [0.05, 0.1) is 5.56 Å². The normalized spacial score (nSPS) is 29.6. The lowest BCUT2D eigenvalue weighted by atomic mass is 9.98. The molecule has 3 atom stereocenters. The quantitative estimate of drug-likeness (QED) is 0.842. The first-order valence-electron chi connectivity index (χ1n) is 6.57. The average molecular weight is 266 g/mol. The molecule has 102 valence electrons. The van der Waals surface area contributed by atoms with Crippen LogP contribution in [-0.2, 0) is 0 Å². The molecule has 1 aliphatic carbocycles. The molecule has 1 aromatic carbocycles. The molecule has 0 aromatic heterocycles. The average Bonchev–Trinajstić information content (AvgIpc) is 2.95. The van der Waals surface area contributed by atoms with E-state index in [1.54, 1.807) is 4.90 Å². The lowest BCUT2D eigenvalue weighted by Crippen LogP contribution is -2.34. The third-order valence-corrected chi connectivity index (χ3v) is 4.38. The third kappa shape index (κ3) is 2.02. The van der Waals surface area contributed by atoms with Gasteiger partial charge < -0.3 is 10.6 Å². The lowest BCUT2D eigenvalue weighted by Gasteiger charge is -2.19. The number of halogens is 2. The number of nitrogens with zero attached hydrogens (tertiary/aromatic N) is 1. The van der Waals surface area contributed by atoms with E-state index in [4.69, 9.17) is 5.73 Å². The zero-order chi connectivity index (χ0) is 13.6. The number of hydrogen-bond donors (Lipinski definition) is 1. The van der Waals surface area contributed by atoms with Crippen LogP contribution in [0.5, 0.6) is 0 Å². The lowest BCUT2D eigenvalue weighted by molar-refractivity contribution is 0.0774. The van der Waals surface area contributed by atoms with E-state index >= 15 is 0 Å². The highest BCUT2D eigenvalue weighted by Crippen LogP contribution is 2.37. The Labute approximate surface area is 110 Å². The van der Waals surface area contributed by atoms with Gasteiger partial charge in [-0.3, -0.25) is 4.79 Å². The molecule has 1 saturated carbocycles. The smallest absolute Gasteiger partial charge is 0.256 e. The van der Waals surface area contributed by atoms with Gasteiger partial charge in [-0.25, -0.2) is 8.78 Å². The maximum Gasteiger partial charge on any atom is 0.256 e. The Hall–Kier alpha value is -1.49. The Morgan fingerprint density at radius 2 is 2.05 bits per heavy atom. The molecule has 0 spiro atoms. The van der Waals surface area contributed by atoms with Crippen molar-refractivity contribution in [1.29, 1.82) is 0 Å². The molecule has 2 N–H and O–H groups in total. The van der Waals surface area contributed by atoms with E-state index in [1.807, 2.05) is 0 Å². The molecule has 1 aliphatic heterocycles. The van der Waals surface area contributed by atoms with E-state index in [0.29, 0.717) is 24.9 Å². The van der Waals surface area contributed by atoms with Gasteiger partial charge in [-0.2, -0.15) is 0 Å². The van der Waals surface area contributed by atoms with Crippen LogP contribution >= 0.6 is 0 Å². The first-order valence-corrected chi connectivity index (χ1v) is 6.57. The van der Waals surface area contributed by atoms with E-state index in [2.05, 4.69) is 0 Å². The highest BCUT2D eigenvalue weighted by molar-refractivity contribution is 5.94. The summed E-state index contributed by atoms with van der Waals surface area (Å²) >= 11 is 0. The maximum atomic E-state index is 13.6. The second-order valence-electron chi connectivity index (χ2n) is 5.48. The standard InChI is InChI=1S/C14H16F2N2O/c15-11-3-1-2-9(13(11)16)14(19)18-6-8-4-5-12(17)10(8)7-18/h1-3,8,10,12H,4-7,17H2. The summed E-state index contributed by atoms with van der Waals surface area (Å²) in [6.45, 7) is 1.16. The van der Waals surface area contributed by atoms with Gasteiger partial charge in [0.2, 0.25) is 0 Å². The van der Waals surface area contributed by atoms with Gasteiger partial charge >= 0.3 is 0 Å². The summed E-state index contributed by atoms with van der Waals surface area (Å²) in [6, 6.07) is 3.82. The van der Waals surface area contributed by atoms with Crippen LogP contribution in [0.25, 0.3) is 0 Å². The Kier molecular flexibility index (Phi) is 3.01. The van der Waals surface area contributed by atoms with Crippen LogP contribution in [0.3, 0.4) is 0 Å². The molecule has 3 unspecified atom stereocenters. The van der Waals surface area contributed by atoms with Crippen molar-refractivity contribution in [1.82, 2.24) is 4.90 Å². The topological polar surface area (TPSA) is 46.3 Å². The second-order valence-corrected chi connectivity index (χ2v) is 5.48. The molecule has 3 rings (SSSR count). The minimum atomic E-state index is -1.06. The van der Waals surface area contributed by atoms with Crippen LogP contribution in [0.1, 0.15) is 23.2 Å². The minimum Gasteiger partial charge on any atom is -0.338 e. The highest BCUT2D eigenvalue weighted by atomic mass is 19.2. The van der Waals surface area contributed by atoms with Crippen LogP contribution in [0.2, 0.25) is 0 Å². The third-order valence-electron chi connectivity index (χ3n) is 4.38. The van der Waals surface area contributed by atoms with Crippen LogP contribution in [0.4, 0.5) is 8.78 Å². The molecule has 1 amide bonds. The van der Waals surface area contributed by atoms with E-state index in [-0.39, 0.29) is 11.6 Å². The number of benzene rings is 1. The van der Waals surface area contributed by atoms with E-state index in [0.717, 1.165) is 18.9 Å². The van der Waals surface area contributed by atoms with Gasteiger partial charge in [-0.1, -0.05) is 6.07 Å². The molecule has 0 bridgehead atoms. The number of nitrogens with two attached hydrogens (primary N) is 1. The summed E-state index contributed by atoms with van der Waals surface area (Å²) in [5.74, 6) is -1.76. The first-order chi connectivity index (χ1) is 9.08. The van der Waals surface area contributed by atoms with Crippen molar-refractivity contribution < 1.29 is 13.6 Å². The van der Waals surface area contributed by atoms with Gasteiger partial charge in [-0.15, -0.1) is 0 Å². The summed E-state index contributed by atoms with van der Waals surface area (Å²) in [5, 5.41) is 0. The van der Waals surface area contributed by atoms with E-state index in [9.17, 15) is 13.6 Å². The van der Waals surface area contributed by atoms with Crippen molar-refractivity contribution >= 4 is 5.91 Å². The molecule has 0 radical (unpaired) electrons. The molecular formula is C14H16F2N2O. The first kappa shape index (κ1) is 12.5. The van der Waals surface area contributed by atoms with Crippen molar-refractivity contribution in [3.63, 3.8) is 0 Å². The van der Waals surface area contributed by atoms with Crippen molar-refractivity contribution in [2.24, 2.45) is 17.6 Å². The zero-order valence-electron chi connectivity index (χ0n) is 10.5. The largest absolute Gasteiger partial charge is 0.338 e. The van der Waals surface area contributed by atoms with E-state index < -0.39 is 17.5 Å². The second kappa shape index (κ2) is 4.56. The van der Waals surface area contributed by atoms with Crippen molar-refractivity contribution in [3.05, 3.63) is 35.4 Å². The number of hydrogen-bond acceptors (Lipinski definition) is 2. The Balaban J connectivity index is 1.81. The molecule has 2 fully saturated rings. The Morgan fingerprint density at radius 1 is 1.26 bits per heavy atom. The molecule has 2 aliphatic rings. The number of carbonyl (C=O) groups excluding carboxylic acids is 1. The molecule has 1 aromatic rings. The van der Waals surface area contributed by atoms with Gasteiger partial charge in [0.1, 0.15) is 0 Å². The molecule has 1 saturated heterocycles. The predicted octanol–water partition coefficient (Wildman–Crippen LogP) is 1.77. The van der Waals surface area contributed by atoms with Crippen LogP contribution < -0.4 is 5.73 Å². The Bertz CT molecular complexity index is 520. The summed E-state index contributed by atoms with van der Waals surface area (Å²) < 4.78 is 26.8. The molecule has 1 heterocycles. The Morgan fingerprint density at radius 3 is 2.79 bits per heavy atom. The van der Waals surface area contributed by atoms with E-state index in [1.165, 1.54) is 12.1 Å². The minimum absolute atomic E-state index is 0.125. The number of carbonyl (C=O) groups is 1. The monoisotopic (exact) mass is 266 g/mol. The van der Waals surface area contributed by atoms with Crippen molar-refractivity contribution in [2.45, 2.75) is 18.9 Å². The predicted molar refractivity (Wildman–Crippen MR) is 66.5 cm³/mol. The number of fused-ring (bicyclic) bond motifs is 1. The van der Waals surface area contributed by atoms with Crippen LogP contribution in [0, 0.1) is 23.5 Å². The van der Waals surface area contributed by atoms with Crippen molar-refractivity contribution in [2.75, 3.05) is 13.1 Å². The summed E-state index contributed by atoms with van der Waals surface area (Å²) in [7, 11) is 0. The summed E-state index contributed by atoms with van der Waals surface area (Å²) in [4.78, 5) is 13.8. The number of likely N-dealkylation sites (tertiary alicyclic amines) is 1. The maximum absolute atomic E-state index is 13.6. The fourth-order valence-corrected chi connectivity index (χ4v) is 3.31.